The summed E-state index contributed by atoms with van der Waals surface area (Å²) in [4.78, 5) is 179. The van der Waals surface area contributed by atoms with E-state index in [9.17, 15) is 67.4 Å². The Labute approximate surface area is 519 Å². The summed E-state index contributed by atoms with van der Waals surface area (Å²) in [5.74, 6) is -12.4. The maximum Gasteiger partial charge on any atom is 0.303 e. The average molecular weight is 1260 g/mol. The predicted molar refractivity (Wildman–Crippen MR) is 330 cm³/mol. The van der Waals surface area contributed by atoms with Gasteiger partial charge in [-0.25, -0.2) is 0 Å². The number of rotatable bonds is 38. The number of para-hydroxylation sites is 2. The second-order valence-electron chi connectivity index (χ2n) is 21.7. The van der Waals surface area contributed by atoms with Crippen molar-refractivity contribution in [3.63, 3.8) is 0 Å². The van der Waals surface area contributed by atoms with E-state index in [2.05, 4.69) is 75.8 Å². The molecule has 30 nitrogen and oxygen atoms in total. The van der Waals surface area contributed by atoms with Crippen molar-refractivity contribution < 1.29 is 67.4 Å². The molecule has 0 radical (unpaired) electrons. The molecule has 89 heavy (non-hydrogen) atoms. The van der Waals surface area contributed by atoms with Crippen LogP contribution in [0.4, 0.5) is 0 Å². The molecule has 0 spiro atoms. The van der Waals surface area contributed by atoms with Gasteiger partial charge in [0.05, 0.1) is 12.6 Å². The molecule has 2 aromatic carbocycles. The normalized spacial score (nSPS) is 14.9. The number of hydrogen-bond acceptors (Lipinski definition) is 16. The Balaban J connectivity index is 1.52. The third-order valence-corrected chi connectivity index (χ3v) is 15.0. The number of amides is 12. The van der Waals surface area contributed by atoms with Crippen LogP contribution in [0.5, 0.6) is 0 Å². The highest BCUT2D eigenvalue weighted by Gasteiger charge is 2.36. The number of aliphatic carboxylic acids is 1. The van der Waals surface area contributed by atoms with Crippen molar-refractivity contribution in [1.82, 2.24) is 63.1 Å². The van der Waals surface area contributed by atoms with Crippen LogP contribution in [0.2, 0.25) is 0 Å². The van der Waals surface area contributed by atoms with Gasteiger partial charge in [0.25, 0.3) is 0 Å². The molecule has 0 saturated heterocycles. The number of carboxylic acid groups (broad SMARTS) is 1. The largest absolute Gasteiger partial charge is 0.481 e. The van der Waals surface area contributed by atoms with Gasteiger partial charge in [0.15, 0.2) is 0 Å². The number of primary amides is 2. The molecule has 11 atom stereocenters. The fourth-order valence-corrected chi connectivity index (χ4v) is 9.43. The summed E-state index contributed by atoms with van der Waals surface area (Å²) in [6.45, 7) is 6.88. The van der Waals surface area contributed by atoms with Crippen molar-refractivity contribution in [1.29, 1.82) is 0 Å². The smallest absolute Gasteiger partial charge is 0.303 e. The van der Waals surface area contributed by atoms with Crippen LogP contribution in [0.25, 0.3) is 21.8 Å². The third kappa shape index (κ3) is 22.8. The Kier molecular flexibility index (Phi) is 29.0. The van der Waals surface area contributed by atoms with Crippen molar-refractivity contribution in [2.75, 3.05) is 18.8 Å². The zero-order valence-corrected chi connectivity index (χ0v) is 51.2. The minimum atomic E-state index is -1.59. The highest BCUT2D eigenvalue weighted by Crippen LogP contribution is 2.22. The first-order valence-corrected chi connectivity index (χ1v) is 29.8. The molecule has 12 amide bonds. The molecule has 0 aliphatic heterocycles. The van der Waals surface area contributed by atoms with E-state index in [1.165, 1.54) is 20.8 Å². The van der Waals surface area contributed by atoms with Gasteiger partial charge < -0.3 is 91.2 Å². The van der Waals surface area contributed by atoms with E-state index in [0.717, 1.165) is 21.8 Å². The summed E-state index contributed by atoms with van der Waals surface area (Å²) < 4.78 is 0. The number of thiol groups is 1. The first-order chi connectivity index (χ1) is 42.2. The molecule has 0 saturated carbocycles. The highest BCUT2D eigenvalue weighted by molar-refractivity contribution is 7.80. The Bertz CT molecular complexity index is 3170. The van der Waals surface area contributed by atoms with E-state index < -0.39 is 175 Å². The van der Waals surface area contributed by atoms with Crippen LogP contribution < -0.4 is 76.1 Å². The average Bonchev–Trinajstić information content (AvgIpc) is 2.37. The lowest BCUT2D eigenvalue weighted by Crippen LogP contribution is -2.60. The summed E-state index contributed by atoms with van der Waals surface area (Å²) >= 11 is 4.25. The van der Waals surface area contributed by atoms with Gasteiger partial charge in [0.1, 0.15) is 54.4 Å². The number of aromatic nitrogens is 2. The van der Waals surface area contributed by atoms with E-state index in [0.29, 0.717) is 24.0 Å². The molecular formula is C58H84N16O14S. The maximum atomic E-state index is 14.6. The summed E-state index contributed by atoms with van der Waals surface area (Å²) in [5.41, 5.74) is 24.8. The van der Waals surface area contributed by atoms with Crippen molar-refractivity contribution in [3.8, 4) is 0 Å². The number of nitrogens with two attached hydrogens (primary N) is 4. The van der Waals surface area contributed by atoms with Gasteiger partial charge >= 0.3 is 5.97 Å². The van der Waals surface area contributed by atoms with Crippen LogP contribution in [0.15, 0.2) is 60.9 Å². The monoisotopic (exact) mass is 1260 g/mol. The number of aromatic amines is 2. The van der Waals surface area contributed by atoms with Crippen LogP contribution >= 0.6 is 12.6 Å². The molecule has 2 aromatic heterocycles. The van der Waals surface area contributed by atoms with Crippen LogP contribution in [-0.2, 0) is 75.2 Å². The Morgan fingerprint density at radius 2 is 0.966 bits per heavy atom. The number of benzene rings is 2. The summed E-state index contributed by atoms with van der Waals surface area (Å²) in [6.07, 6.45) is 2.17. The maximum absolute atomic E-state index is 14.6. The lowest BCUT2D eigenvalue weighted by atomic mass is 9.97. The molecule has 4 rings (SSSR count). The van der Waals surface area contributed by atoms with E-state index in [1.54, 1.807) is 44.4 Å². The number of H-pyrrole nitrogens is 2. The van der Waals surface area contributed by atoms with Gasteiger partial charge in [0.2, 0.25) is 70.9 Å². The molecule has 0 aliphatic rings. The molecule has 4 aromatic rings. The number of carbonyl (C=O) groups is 13. The molecule has 21 N–H and O–H groups in total. The molecule has 486 valence electrons. The Hall–Kier alpha value is -9.10. The van der Waals surface area contributed by atoms with Crippen LogP contribution in [0.3, 0.4) is 0 Å². The zero-order chi connectivity index (χ0) is 66.1. The van der Waals surface area contributed by atoms with E-state index in [4.69, 9.17) is 22.9 Å². The fraction of sp³-hybridized carbons (Fsp3) is 0.500. The van der Waals surface area contributed by atoms with Crippen LogP contribution in [-0.4, -0.2) is 171 Å². The molecule has 1 unspecified atom stereocenters. The first kappa shape index (κ1) is 72.4. The molecular weight excluding hydrogens is 1180 g/mol. The summed E-state index contributed by atoms with van der Waals surface area (Å²) in [7, 11) is 0. The van der Waals surface area contributed by atoms with Gasteiger partial charge in [-0.2, -0.15) is 12.6 Å². The van der Waals surface area contributed by atoms with Crippen molar-refractivity contribution in [2.45, 2.75) is 159 Å². The standard InChI is InChI=1S/C58H84N16O14S/c1-6-29(2)48(58(88)70-39(17-11-12-22-59)53(83)68-40(18-20-45(61)75)54(84)69-41(19-21-47(77)78)52(82)66-31(4)49(62)79)74-46(76)27-65-51(81)32(5)67-55(85)42(23-33-25-63-37-15-9-7-13-35(33)37)71-56(86)43(24-34-26-64-38-16-10-8-14-36(34)38)72-57(87)44(28-89)73-50(80)30(3)60/h7-10,13-16,25-26,29-32,39-44,48,63-64,89H,6,11-12,17-24,27-28,59-60H2,1-5H3,(H2,61,75)(H2,62,79)(H,65,81)(H,66,82)(H,67,85)(H,68,83)(H,69,84)(H,70,88)(H,71,86)(H,72,87)(H,73,80)(H,74,76)(H,77,78)/t29?,30-,31-,32-,39-,40-,41-,42-,43-,44-,48-/m0/s1. The van der Waals surface area contributed by atoms with Crippen LogP contribution in [0, 0.1) is 5.92 Å². The van der Waals surface area contributed by atoms with Crippen molar-refractivity contribution >= 4 is 111 Å². The SMILES string of the molecule is CCC(C)[C@H](NC(=O)CNC(=O)[C@H](C)NC(=O)[C@H](Cc1c[nH]c2ccccc12)NC(=O)[C@H](Cc1c[nH]c2ccccc12)NC(=O)[C@H](CS)NC(=O)[C@H](C)N)C(=O)N[C@@H](CCCCN)C(=O)N[C@@H](CCC(N)=O)C(=O)N[C@@H](CCC(=O)O)C(=O)N[C@@H](C)C(N)=O. The quantitative estimate of drug-likeness (QED) is 0.0157. The van der Waals surface area contributed by atoms with E-state index in [-0.39, 0.29) is 38.0 Å². The Morgan fingerprint density at radius 3 is 1.45 bits per heavy atom. The lowest BCUT2D eigenvalue weighted by Gasteiger charge is -2.28. The van der Waals surface area contributed by atoms with Gasteiger partial charge in [-0.05, 0) is 88.6 Å². The fourth-order valence-electron chi connectivity index (χ4n) is 9.17. The minimum absolute atomic E-state index is 0.0460. The number of carboxylic acids is 1. The summed E-state index contributed by atoms with van der Waals surface area (Å²) in [5, 5.41) is 36.2. The Morgan fingerprint density at radius 1 is 0.528 bits per heavy atom. The van der Waals surface area contributed by atoms with Gasteiger partial charge in [0, 0.05) is 65.6 Å². The number of unbranched alkanes of at least 4 members (excludes halogenated alkanes) is 1. The number of nitrogens with one attached hydrogen (secondary N) is 12. The van der Waals surface area contributed by atoms with Crippen LogP contribution in [0.1, 0.15) is 97.1 Å². The number of fused-ring (bicyclic) bond motifs is 2. The zero-order valence-electron chi connectivity index (χ0n) is 50.3. The first-order valence-electron chi connectivity index (χ1n) is 29.1. The van der Waals surface area contributed by atoms with Gasteiger partial charge in [-0.15, -0.1) is 0 Å². The van der Waals surface area contributed by atoms with Gasteiger partial charge in [-0.1, -0.05) is 56.7 Å². The van der Waals surface area contributed by atoms with Crippen molar-refractivity contribution in [2.24, 2.45) is 28.9 Å². The van der Waals surface area contributed by atoms with E-state index in [1.807, 2.05) is 30.3 Å². The second kappa shape index (κ2) is 35.6. The predicted octanol–water partition coefficient (Wildman–Crippen LogP) is -2.98. The highest BCUT2D eigenvalue weighted by atomic mass is 32.1. The van der Waals surface area contributed by atoms with Gasteiger partial charge in [-0.3, -0.25) is 62.3 Å². The lowest BCUT2D eigenvalue weighted by molar-refractivity contribution is -0.138. The number of carbonyl (C=O) groups excluding carboxylic acids is 12. The third-order valence-electron chi connectivity index (χ3n) is 14.6. The van der Waals surface area contributed by atoms with E-state index >= 15 is 0 Å². The molecule has 0 bridgehead atoms. The molecule has 0 fully saturated rings. The minimum Gasteiger partial charge on any atom is -0.481 e. The molecule has 2 heterocycles. The van der Waals surface area contributed by atoms with Crippen molar-refractivity contribution in [3.05, 3.63) is 72.1 Å². The second-order valence-corrected chi connectivity index (χ2v) is 22.1. The summed E-state index contributed by atoms with van der Waals surface area (Å²) in [6, 6.07) is 1.15. The number of hydrogen-bond donors (Lipinski definition) is 18. The molecule has 0 aliphatic carbocycles. The topological polar surface area (TPSA) is 498 Å². The molecule has 31 heteroatoms.